The summed E-state index contributed by atoms with van der Waals surface area (Å²) in [5.74, 6) is -0.837. The van der Waals surface area contributed by atoms with Crippen LogP contribution in [0.15, 0.2) is 30.5 Å². The second-order valence-corrected chi connectivity index (χ2v) is 10.9. The number of carbonyl (C=O) groups is 2. The van der Waals surface area contributed by atoms with Crippen LogP contribution in [-0.2, 0) is 23.7 Å². The summed E-state index contributed by atoms with van der Waals surface area (Å²) in [7, 11) is 5.66. The number of carboxylic acid groups (broad SMARTS) is 1. The average Bonchev–Trinajstić information content (AvgIpc) is 3.28. The van der Waals surface area contributed by atoms with Crippen LogP contribution < -0.4 is 15.5 Å². The van der Waals surface area contributed by atoms with Crippen molar-refractivity contribution < 1.29 is 19.8 Å². The fourth-order valence-electron chi connectivity index (χ4n) is 5.03. The molecule has 0 spiro atoms. The van der Waals surface area contributed by atoms with Crippen molar-refractivity contribution in [3.8, 4) is 11.4 Å². The van der Waals surface area contributed by atoms with E-state index in [0.29, 0.717) is 11.6 Å². The highest BCUT2D eigenvalue weighted by Gasteiger charge is 2.39. The summed E-state index contributed by atoms with van der Waals surface area (Å²) in [6.07, 6.45) is 1.40. The van der Waals surface area contributed by atoms with Crippen molar-refractivity contribution in [2.24, 2.45) is 7.05 Å². The molecule has 0 radical (unpaired) electrons. The number of hydrogen-bond donors (Lipinski definition) is 4. The molecule has 3 heterocycles. The average molecular weight is 551 g/mol. The molecule has 40 heavy (non-hydrogen) atoms. The van der Waals surface area contributed by atoms with Gasteiger partial charge in [0, 0.05) is 63.4 Å². The van der Waals surface area contributed by atoms with E-state index in [1.165, 1.54) is 12.6 Å². The molecule has 2 aromatic heterocycles. The van der Waals surface area contributed by atoms with Crippen LogP contribution in [0, 0.1) is 0 Å². The molecule has 1 aliphatic heterocycles. The highest BCUT2D eigenvalue weighted by molar-refractivity contribution is 5.96. The molecule has 0 saturated carbocycles. The number of piperazine rings is 1. The van der Waals surface area contributed by atoms with Gasteiger partial charge in [-0.05, 0) is 55.6 Å². The zero-order valence-electron chi connectivity index (χ0n) is 23.9. The summed E-state index contributed by atoms with van der Waals surface area (Å²) in [4.78, 5) is 36.2. The number of anilines is 3. The number of aliphatic carboxylic acids is 1. The van der Waals surface area contributed by atoms with Gasteiger partial charge in [0.2, 0.25) is 5.95 Å². The molecule has 12 nitrogen and oxygen atoms in total. The van der Waals surface area contributed by atoms with Crippen molar-refractivity contribution in [1.29, 1.82) is 0 Å². The van der Waals surface area contributed by atoms with Gasteiger partial charge in [-0.3, -0.25) is 9.48 Å². The molecule has 1 atom stereocenters. The first-order chi connectivity index (χ1) is 18.9. The fourth-order valence-corrected chi connectivity index (χ4v) is 5.03. The molecule has 0 unspecified atom stereocenters. The molecule has 1 amide bonds. The first-order valence-electron chi connectivity index (χ1n) is 13.3. The van der Waals surface area contributed by atoms with Crippen LogP contribution in [0.1, 0.15) is 42.4 Å². The minimum atomic E-state index is -1.23. The van der Waals surface area contributed by atoms with Crippen molar-refractivity contribution in [1.82, 2.24) is 30.0 Å². The van der Waals surface area contributed by atoms with E-state index in [4.69, 9.17) is 15.2 Å². The minimum absolute atomic E-state index is 0.179. The van der Waals surface area contributed by atoms with Crippen molar-refractivity contribution in [2.45, 2.75) is 38.7 Å². The van der Waals surface area contributed by atoms with E-state index in [1.807, 2.05) is 13.2 Å². The Balaban J connectivity index is 0.000000557. The number of aromatic nitrogens is 4. The summed E-state index contributed by atoms with van der Waals surface area (Å²) in [6, 6.07) is 8.42. The van der Waals surface area contributed by atoms with Crippen LogP contribution in [0.25, 0.3) is 11.4 Å². The Labute approximate surface area is 234 Å². The van der Waals surface area contributed by atoms with Crippen LogP contribution in [0.4, 0.5) is 17.3 Å². The zero-order chi connectivity index (χ0) is 29.2. The van der Waals surface area contributed by atoms with Gasteiger partial charge in [-0.25, -0.2) is 14.8 Å². The molecule has 1 saturated heterocycles. The molecule has 214 valence electrons. The first-order valence-corrected chi connectivity index (χ1v) is 13.3. The molecular formula is C28H38N8O4. The molecule has 4 N–H and O–H groups in total. The Morgan fingerprint density at radius 3 is 2.27 bits per heavy atom. The normalized spacial score (nSPS) is 16.6. The van der Waals surface area contributed by atoms with Gasteiger partial charge in [0.1, 0.15) is 6.10 Å². The van der Waals surface area contributed by atoms with Gasteiger partial charge in [-0.15, -0.1) is 0 Å². The van der Waals surface area contributed by atoms with Crippen molar-refractivity contribution in [3.05, 3.63) is 47.3 Å². The Morgan fingerprint density at radius 2 is 1.70 bits per heavy atom. The predicted octanol–water partition coefficient (Wildman–Crippen LogP) is 2.02. The maximum absolute atomic E-state index is 12.5. The lowest BCUT2D eigenvalue weighted by Gasteiger charge is -2.34. The molecule has 12 heteroatoms. The lowest BCUT2D eigenvalue weighted by Crippen LogP contribution is -2.44. The van der Waals surface area contributed by atoms with Gasteiger partial charge < -0.3 is 30.6 Å². The maximum atomic E-state index is 12.5. The second kappa shape index (κ2) is 11.6. The van der Waals surface area contributed by atoms with E-state index < -0.39 is 12.1 Å². The number of nitrogens with zero attached hydrogens (tertiary/aromatic N) is 6. The van der Waals surface area contributed by atoms with Gasteiger partial charge in [-0.1, -0.05) is 13.8 Å². The van der Waals surface area contributed by atoms with Crippen LogP contribution in [0.2, 0.25) is 0 Å². The lowest BCUT2D eigenvalue weighted by atomic mass is 9.73. The maximum Gasteiger partial charge on any atom is 0.332 e. The summed E-state index contributed by atoms with van der Waals surface area (Å²) < 4.78 is 1.77. The Morgan fingerprint density at radius 1 is 1.07 bits per heavy atom. The number of fused-ring (bicyclic) bond motifs is 3. The quantitative estimate of drug-likeness (QED) is 0.372. The van der Waals surface area contributed by atoms with Crippen LogP contribution in [0.3, 0.4) is 0 Å². The predicted molar refractivity (Wildman–Crippen MR) is 153 cm³/mol. The molecule has 2 aliphatic rings. The van der Waals surface area contributed by atoms with Gasteiger partial charge in [0.25, 0.3) is 5.91 Å². The number of aryl methyl sites for hydroxylation is 1. The summed E-state index contributed by atoms with van der Waals surface area (Å²) in [5, 5.41) is 26.4. The van der Waals surface area contributed by atoms with Crippen LogP contribution in [-0.4, -0.2) is 93.1 Å². The lowest BCUT2D eigenvalue weighted by molar-refractivity contribution is -0.145. The SMILES string of the molecule is CNC(=O)c1nn(C)c2c1C(C)(C)Cc1cnc(Nc3ccc(N4CCN(C)CC4)cc3)nc1-2.C[C@H](O)C(=O)O. The molecule has 1 aliphatic carbocycles. The zero-order valence-corrected chi connectivity index (χ0v) is 23.9. The number of carbonyl (C=O) groups excluding carboxylic acids is 1. The monoisotopic (exact) mass is 550 g/mol. The Bertz CT molecular complexity index is 1380. The number of amides is 1. The van der Waals surface area contributed by atoms with Crippen molar-refractivity contribution in [3.63, 3.8) is 0 Å². The van der Waals surface area contributed by atoms with E-state index >= 15 is 0 Å². The number of hydrogen-bond acceptors (Lipinski definition) is 9. The van der Waals surface area contributed by atoms with Gasteiger partial charge >= 0.3 is 5.97 Å². The molecular weight excluding hydrogens is 512 g/mol. The summed E-state index contributed by atoms with van der Waals surface area (Å²) >= 11 is 0. The van der Waals surface area contributed by atoms with Crippen LogP contribution >= 0.6 is 0 Å². The summed E-state index contributed by atoms with van der Waals surface area (Å²) in [5.41, 5.74) is 6.06. The fraction of sp³-hybridized carbons (Fsp3) is 0.464. The number of carboxylic acids is 1. The summed E-state index contributed by atoms with van der Waals surface area (Å²) in [6.45, 7) is 9.71. The van der Waals surface area contributed by atoms with E-state index in [2.05, 4.69) is 75.7 Å². The smallest absolute Gasteiger partial charge is 0.332 e. The molecule has 1 aromatic carbocycles. The standard InChI is InChI=1S/C25H32N8O.C3H6O3/c1-25(2)14-16-15-27-24(29-20(16)22-19(25)21(23(34)26-3)30-32(22)5)28-17-6-8-18(9-7-17)33-12-10-31(4)11-13-33;1-2(4)3(5)6/h6-9,15H,10-14H2,1-5H3,(H,26,34)(H,27,28,29);2,4H,1H3,(H,5,6)/t;2-/m.0/s1. The molecule has 1 fully saturated rings. The van der Waals surface area contributed by atoms with Gasteiger partial charge in [0.05, 0.1) is 11.4 Å². The third kappa shape index (κ3) is 6.07. The third-order valence-corrected chi connectivity index (χ3v) is 7.24. The Kier molecular flexibility index (Phi) is 8.40. The number of aliphatic hydroxyl groups is 1. The topological polar surface area (TPSA) is 149 Å². The molecule has 5 rings (SSSR count). The molecule has 0 bridgehead atoms. The van der Waals surface area contributed by atoms with E-state index in [-0.39, 0.29) is 11.3 Å². The second-order valence-electron chi connectivity index (χ2n) is 10.9. The number of rotatable bonds is 5. The highest BCUT2D eigenvalue weighted by Crippen LogP contribution is 2.43. The number of nitrogens with one attached hydrogen (secondary N) is 2. The van der Waals surface area contributed by atoms with Crippen LogP contribution in [0.5, 0.6) is 0 Å². The molecule has 3 aromatic rings. The first kappa shape index (κ1) is 29.0. The third-order valence-electron chi connectivity index (χ3n) is 7.24. The van der Waals surface area contributed by atoms with Crippen molar-refractivity contribution in [2.75, 3.05) is 50.5 Å². The van der Waals surface area contributed by atoms with Gasteiger partial charge in [0.15, 0.2) is 5.69 Å². The van der Waals surface area contributed by atoms with Gasteiger partial charge in [-0.2, -0.15) is 5.10 Å². The number of likely N-dealkylation sites (N-methyl/N-ethyl adjacent to an activating group) is 1. The van der Waals surface area contributed by atoms with E-state index in [0.717, 1.165) is 60.8 Å². The van der Waals surface area contributed by atoms with E-state index in [9.17, 15) is 9.59 Å². The number of benzene rings is 1. The largest absolute Gasteiger partial charge is 0.479 e. The Hall–Kier alpha value is -4.03. The van der Waals surface area contributed by atoms with Crippen molar-refractivity contribution >= 4 is 29.2 Å². The van der Waals surface area contributed by atoms with E-state index in [1.54, 1.807) is 11.7 Å². The highest BCUT2D eigenvalue weighted by atomic mass is 16.4. The number of aliphatic hydroxyl groups excluding tert-OH is 1. The minimum Gasteiger partial charge on any atom is -0.479 e.